The molecule has 0 aliphatic carbocycles. The summed E-state index contributed by atoms with van der Waals surface area (Å²) in [4.78, 5) is 7.93. The molecule has 3 aliphatic heterocycles. The van der Waals surface area contributed by atoms with Crippen molar-refractivity contribution >= 4 is 6.21 Å². The molecule has 3 aliphatic rings. The zero-order valence-corrected chi connectivity index (χ0v) is 18.1. The van der Waals surface area contributed by atoms with Gasteiger partial charge in [0.2, 0.25) is 0 Å². The summed E-state index contributed by atoms with van der Waals surface area (Å²) in [6.07, 6.45) is 4.57. The quantitative estimate of drug-likeness (QED) is 0.508. The van der Waals surface area contributed by atoms with Crippen LogP contribution in [0.2, 0.25) is 0 Å². The highest BCUT2D eigenvalue weighted by Crippen LogP contribution is 2.43. The van der Waals surface area contributed by atoms with Crippen LogP contribution in [-0.4, -0.2) is 43.4 Å². The fourth-order valence-corrected chi connectivity index (χ4v) is 5.44. The van der Waals surface area contributed by atoms with E-state index in [2.05, 4.69) is 83.9 Å². The van der Waals surface area contributed by atoms with Crippen LogP contribution in [-0.2, 0) is 0 Å². The largest absolute Gasteiger partial charge is 0.497 e. The molecule has 3 aromatic carbocycles. The summed E-state index contributed by atoms with van der Waals surface area (Å²) in [5.41, 5.74) is 3.90. The number of ether oxygens (including phenoxy) is 1. The summed E-state index contributed by atoms with van der Waals surface area (Å²) in [6, 6.07) is 30.9. The van der Waals surface area contributed by atoms with Gasteiger partial charge in [-0.1, -0.05) is 60.7 Å². The van der Waals surface area contributed by atoms with Gasteiger partial charge in [0.05, 0.1) is 13.2 Å². The molecule has 3 nitrogen and oxygen atoms in total. The van der Waals surface area contributed by atoms with Crippen LogP contribution in [0.25, 0.3) is 0 Å². The second-order valence-electron chi connectivity index (χ2n) is 8.70. The summed E-state index contributed by atoms with van der Waals surface area (Å²) >= 11 is 0. The van der Waals surface area contributed by atoms with Crippen molar-refractivity contribution in [3.8, 4) is 5.75 Å². The Bertz CT molecular complexity index is 953. The van der Waals surface area contributed by atoms with Crippen LogP contribution < -0.4 is 4.74 Å². The van der Waals surface area contributed by atoms with Crippen molar-refractivity contribution in [2.75, 3.05) is 20.2 Å². The van der Waals surface area contributed by atoms with Gasteiger partial charge < -0.3 is 4.74 Å². The molecule has 3 aromatic rings. The molecule has 158 valence electrons. The highest BCUT2D eigenvalue weighted by atomic mass is 16.5. The van der Waals surface area contributed by atoms with Crippen LogP contribution in [0.3, 0.4) is 0 Å². The minimum Gasteiger partial charge on any atom is -0.497 e. The van der Waals surface area contributed by atoms with Gasteiger partial charge in [0, 0.05) is 18.2 Å². The van der Waals surface area contributed by atoms with Crippen molar-refractivity contribution in [1.82, 2.24) is 4.90 Å². The molecule has 3 saturated heterocycles. The first-order valence-corrected chi connectivity index (χ1v) is 11.3. The van der Waals surface area contributed by atoms with Crippen LogP contribution in [0.1, 0.15) is 35.4 Å². The number of aliphatic imine (C=N–C) groups is 1. The lowest BCUT2D eigenvalue weighted by Gasteiger charge is -2.52. The van der Waals surface area contributed by atoms with Crippen LogP contribution in [0, 0.1) is 5.92 Å². The van der Waals surface area contributed by atoms with Gasteiger partial charge >= 0.3 is 0 Å². The maximum atomic E-state index is 5.30. The molecule has 2 unspecified atom stereocenters. The minimum absolute atomic E-state index is 0.301. The van der Waals surface area contributed by atoms with Crippen LogP contribution in [0.15, 0.2) is 89.9 Å². The molecule has 0 spiro atoms. The molecule has 2 bridgehead atoms. The second-order valence-corrected chi connectivity index (χ2v) is 8.70. The van der Waals surface area contributed by atoms with E-state index in [0.29, 0.717) is 23.9 Å². The van der Waals surface area contributed by atoms with E-state index in [9.17, 15) is 0 Å². The van der Waals surface area contributed by atoms with Crippen molar-refractivity contribution in [3.05, 3.63) is 102 Å². The highest BCUT2D eigenvalue weighted by Gasteiger charge is 2.46. The number of nitrogens with zero attached hydrogens (tertiary/aromatic N) is 2. The third-order valence-corrected chi connectivity index (χ3v) is 7.00. The van der Waals surface area contributed by atoms with Gasteiger partial charge in [-0.05, 0) is 72.8 Å². The first-order chi connectivity index (χ1) is 15.3. The van der Waals surface area contributed by atoms with Crippen molar-refractivity contribution < 1.29 is 4.74 Å². The number of hydrogen-bond acceptors (Lipinski definition) is 3. The lowest BCUT2D eigenvalue weighted by molar-refractivity contribution is 0.0215. The molecule has 3 heteroatoms. The molecule has 0 amide bonds. The molecule has 31 heavy (non-hydrogen) atoms. The molecular formula is C28H30N2O. The zero-order valence-electron chi connectivity index (χ0n) is 18.1. The third kappa shape index (κ3) is 4.15. The fourth-order valence-electron chi connectivity index (χ4n) is 5.44. The molecule has 0 radical (unpaired) electrons. The highest BCUT2D eigenvalue weighted by molar-refractivity contribution is 5.80. The van der Waals surface area contributed by atoms with E-state index < -0.39 is 0 Å². The number of methoxy groups -OCH3 is 1. The van der Waals surface area contributed by atoms with Crippen molar-refractivity contribution in [3.63, 3.8) is 0 Å². The molecular weight excluding hydrogens is 380 g/mol. The van der Waals surface area contributed by atoms with E-state index in [0.717, 1.165) is 11.3 Å². The Hall–Kier alpha value is -2.91. The van der Waals surface area contributed by atoms with Gasteiger partial charge in [-0.3, -0.25) is 9.89 Å². The first kappa shape index (κ1) is 20.0. The third-order valence-electron chi connectivity index (χ3n) is 7.00. The van der Waals surface area contributed by atoms with Crippen molar-refractivity contribution in [2.45, 2.75) is 30.8 Å². The maximum Gasteiger partial charge on any atom is 0.118 e. The first-order valence-electron chi connectivity index (χ1n) is 11.3. The van der Waals surface area contributed by atoms with Crippen LogP contribution >= 0.6 is 0 Å². The fraction of sp³-hybridized carbons (Fsp3) is 0.321. The summed E-state index contributed by atoms with van der Waals surface area (Å²) in [6.45, 7) is 2.36. The molecule has 2 atom stereocenters. The smallest absolute Gasteiger partial charge is 0.118 e. The molecule has 3 fully saturated rings. The maximum absolute atomic E-state index is 5.30. The van der Waals surface area contributed by atoms with E-state index >= 15 is 0 Å². The van der Waals surface area contributed by atoms with Gasteiger partial charge in [-0.15, -0.1) is 0 Å². The molecule has 0 N–H and O–H groups in total. The Morgan fingerprint density at radius 1 is 0.839 bits per heavy atom. The Labute approximate surface area is 185 Å². The Morgan fingerprint density at radius 3 is 1.97 bits per heavy atom. The lowest BCUT2D eigenvalue weighted by Crippen LogP contribution is -2.59. The van der Waals surface area contributed by atoms with Gasteiger partial charge in [0.1, 0.15) is 5.75 Å². The van der Waals surface area contributed by atoms with E-state index in [-0.39, 0.29) is 0 Å². The topological polar surface area (TPSA) is 24.8 Å². The SMILES string of the molecule is COc1ccc(/C=N\C2C3CCN(CC3)C2C(c2ccccc2)c2ccccc2)cc1. The lowest BCUT2D eigenvalue weighted by atomic mass is 9.71. The normalized spacial score (nSPS) is 25.2. The number of piperidine rings is 3. The summed E-state index contributed by atoms with van der Waals surface area (Å²) in [7, 11) is 1.70. The molecule has 0 aromatic heterocycles. The number of fused-ring (bicyclic) bond motifs is 3. The monoisotopic (exact) mass is 410 g/mol. The number of hydrogen-bond donors (Lipinski definition) is 0. The van der Waals surface area contributed by atoms with E-state index in [1.165, 1.54) is 37.1 Å². The Balaban J connectivity index is 1.52. The average molecular weight is 411 g/mol. The standard InChI is InChI=1S/C28H30N2O/c1-31-25-14-12-21(13-15-25)20-29-27-24-16-18-30(19-17-24)28(27)26(22-8-4-2-5-9-22)23-10-6-3-7-11-23/h2-15,20,24,26-28H,16-19H2,1H3/b29-20-. The van der Waals surface area contributed by atoms with Gasteiger partial charge in [-0.2, -0.15) is 0 Å². The second kappa shape index (κ2) is 9.07. The Kier molecular flexibility index (Phi) is 5.86. The van der Waals surface area contributed by atoms with Crippen molar-refractivity contribution in [1.29, 1.82) is 0 Å². The predicted molar refractivity (Wildman–Crippen MR) is 127 cm³/mol. The Morgan fingerprint density at radius 2 is 1.42 bits per heavy atom. The predicted octanol–water partition coefficient (Wildman–Crippen LogP) is 5.41. The molecule has 6 rings (SSSR count). The molecule has 0 saturated carbocycles. The number of benzene rings is 3. The van der Waals surface area contributed by atoms with E-state index in [1.807, 2.05) is 12.1 Å². The van der Waals surface area contributed by atoms with Gasteiger partial charge in [0.15, 0.2) is 0 Å². The average Bonchev–Trinajstić information content (AvgIpc) is 2.86. The van der Waals surface area contributed by atoms with E-state index in [1.54, 1.807) is 7.11 Å². The summed E-state index contributed by atoms with van der Waals surface area (Å²) in [5.74, 6) is 1.86. The van der Waals surface area contributed by atoms with Gasteiger partial charge in [0.25, 0.3) is 0 Å². The van der Waals surface area contributed by atoms with Crippen LogP contribution in [0.4, 0.5) is 0 Å². The molecule has 3 heterocycles. The van der Waals surface area contributed by atoms with Crippen LogP contribution in [0.5, 0.6) is 5.75 Å². The summed E-state index contributed by atoms with van der Waals surface area (Å²) < 4.78 is 5.30. The van der Waals surface area contributed by atoms with Crippen molar-refractivity contribution in [2.24, 2.45) is 10.9 Å². The summed E-state index contributed by atoms with van der Waals surface area (Å²) in [5, 5.41) is 0. The number of rotatable bonds is 6. The van der Waals surface area contributed by atoms with E-state index in [4.69, 9.17) is 9.73 Å². The zero-order chi connectivity index (χ0) is 21.0. The minimum atomic E-state index is 0.301. The van der Waals surface area contributed by atoms with Gasteiger partial charge in [-0.25, -0.2) is 0 Å².